The number of fused-ring (bicyclic) bond motifs is 1. The lowest BCUT2D eigenvalue weighted by atomic mass is 10.0. The Morgan fingerprint density at radius 1 is 1.33 bits per heavy atom. The Bertz CT molecular complexity index is 357. The number of rotatable bonds is 0. The number of alkyl halides is 2. The molecule has 2 rings (SSSR count). The van der Waals surface area contributed by atoms with Crippen LogP contribution in [0.1, 0.15) is 17.5 Å². The number of nitrogens with one attached hydrogen (secondary N) is 1. The second-order valence-electron chi connectivity index (χ2n) is 3.43. The highest BCUT2D eigenvalue weighted by atomic mass is 79.9. The predicted octanol–water partition coefficient (Wildman–Crippen LogP) is 3.46. The molecular formula is C10H11BrClF2N. The van der Waals surface area contributed by atoms with Crippen molar-refractivity contribution >= 4 is 28.3 Å². The lowest BCUT2D eigenvalue weighted by Crippen LogP contribution is -2.17. The first-order valence-corrected chi connectivity index (χ1v) is 5.26. The van der Waals surface area contributed by atoms with Crippen LogP contribution in [0.4, 0.5) is 8.78 Å². The van der Waals surface area contributed by atoms with Crippen LogP contribution in [0.25, 0.3) is 0 Å². The van der Waals surface area contributed by atoms with Gasteiger partial charge >= 0.3 is 0 Å². The van der Waals surface area contributed by atoms with Gasteiger partial charge in [0.1, 0.15) is 0 Å². The molecule has 1 aromatic carbocycles. The monoisotopic (exact) mass is 297 g/mol. The van der Waals surface area contributed by atoms with Crippen molar-refractivity contribution in [1.82, 2.24) is 5.32 Å². The predicted molar refractivity (Wildman–Crippen MR) is 61.6 cm³/mol. The van der Waals surface area contributed by atoms with E-state index < -0.39 is 5.92 Å². The minimum Gasteiger partial charge on any atom is -0.312 e. The van der Waals surface area contributed by atoms with Gasteiger partial charge in [-0.3, -0.25) is 0 Å². The summed E-state index contributed by atoms with van der Waals surface area (Å²) < 4.78 is 27.9. The summed E-state index contributed by atoms with van der Waals surface area (Å²) in [6.07, 6.45) is -0.129. The quantitative estimate of drug-likeness (QED) is 0.773. The second-order valence-corrected chi connectivity index (χ2v) is 4.35. The first-order valence-electron chi connectivity index (χ1n) is 4.47. The van der Waals surface area contributed by atoms with E-state index in [9.17, 15) is 8.78 Å². The average Bonchev–Trinajstić information content (AvgIpc) is 2.26. The maximum absolute atomic E-state index is 13.6. The van der Waals surface area contributed by atoms with Crippen molar-refractivity contribution in [3.8, 4) is 0 Å². The van der Waals surface area contributed by atoms with E-state index in [-0.39, 0.29) is 24.4 Å². The van der Waals surface area contributed by atoms with E-state index >= 15 is 0 Å². The Hall–Kier alpha value is -0.190. The van der Waals surface area contributed by atoms with Gasteiger partial charge in [0.25, 0.3) is 5.92 Å². The molecule has 1 aromatic rings. The number of benzene rings is 1. The van der Waals surface area contributed by atoms with E-state index in [1.807, 2.05) is 0 Å². The Morgan fingerprint density at radius 3 is 2.80 bits per heavy atom. The van der Waals surface area contributed by atoms with Crippen molar-refractivity contribution in [2.75, 3.05) is 6.54 Å². The van der Waals surface area contributed by atoms with E-state index in [2.05, 4.69) is 21.2 Å². The third-order valence-corrected chi connectivity index (χ3v) is 2.89. The lowest BCUT2D eigenvalue weighted by molar-refractivity contribution is -0.0107. The Morgan fingerprint density at radius 2 is 2.07 bits per heavy atom. The molecule has 0 spiro atoms. The van der Waals surface area contributed by atoms with Crippen molar-refractivity contribution in [3.63, 3.8) is 0 Å². The molecule has 0 aliphatic carbocycles. The molecule has 0 bridgehead atoms. The van der Waals surface area contributed by atoms with Crippen molar-refractivity contribution in [3.05, 3.63) is 33.8 Å². The number of hydrogen-bond donors (Lipinski definition) is 1. The smallest absolute Gasteiger partial charge is 0.274 e. The maximum Gasteiger partial charge on any atom is 0.274 e. The van der Waals surface area contributed by atoms with Crippen LogP contribution < -0.4 is 5.32 Å². The van der Waals surface area contributed by atoms with Gasteiger partial charge in [0.05, 0.1) is 0 Å². The van der Waals surface area contributed by atoms with Gasteiger partial charge in [-0.05, 0) is 17.7 Å². The fraction of sp³-hybridized carbons (Fsp3) is 0.400. The fourth-order valence-electron chi connectivity index (χ4n) is 1.65. The van der Waals surface area contributed by atoms with Crippen LogP contribution in [0.3, 0.4) is 0 Å². The number of hydrogen-bond acceptors (Lipinski definition) is 1. The first kappa shape index (κ1) is 12.9. The average molecular weight is 299 g/mol. The van der Waals surface area contributed by atoms with Crippen LogP contribution in [0.2, 0.25) is 0 Å². The zero-order valence-electron chi connectivity index (χ0n) is 7.90. The minimum absolute atomic E-state index is 0. The topological polar surface area (TPSA) is 12.0 Å². The van der Waals surface area contributed by atoms with Gasteiger partial charge in [-0.2, -0.15) is 0 Å². The zero-order chi connectivity index (χ0) is 10.2. The summed E-state index contributed by atoms with van der Waals surface area (Å²) in [5.74, 6) is -2.71. The normalized spacial score (nSPS) is 18.6. The van der Waals surface area contributed by atoms with Gasteiger partial charge in [-0.15, -0.1) is 12.4 Å². The highest BCUT2D eigenvalue weighted by Gasteiger charge is 2.34. The van der Waals surface area contributed by atoms with Gasteiger partial charge in [-0.25, -0.2) is 8.78 Å². The van der Waals surface area contributed by atoms with E-state index in [1.54, 1.807) is 12.1 Å². The molecule has 1 aliphatic heterocycles. The van der Waals surface area contributed by atoms with E-state index in [1.165, 1.54) is 6.07 Å². The van der Waals surface area contributed by atoms with Gasteiger partial charge < -0.3 is 5.32 Å². The maximum atomic E-state index is 13.6. The van der Waals surface area contributed by atoms with Gasteiger partial charge in [0.15, 0.2) is 0 Å². The highest BCUT2D eigenvalue weighted by Crippen LogP contribution is 2.36. The summed E-state index contributed by atoms with van der Waals surface area (Å²) in [6.45, 7) is 0.886. The van der Waals surface area contributed by atoms with E-state index in [0.29, 0.717) is 23.1 Å². The van der Waals surface area contributed by atoms with Crippen LogP contribution in [-0.4, -0.2) is 6.54 Å². The summed E-state index contributed by atoms with van der Waals surface area (Å²) >= 11 is 3.21. The molecule has 0 unspecified atom stereocenters. The molecule has 1 nitrogen and oxygen atoms in total. The van der Waals surface area contributed by atoms with Crippen LogP contribution in [0.5, 0.6) is 0 Å². The summed E-state index contributed by atoms with van der Waals surface area (Å²) in [5.41, 5.74) is 0.840. The van der Waals surface area contributed by atoms with E-state index in [4.69, 9.17) is 0 Å². The van der Waals surface area contributed by atoms with Crippen LogP contribution in [-0.2, 0) is 12.5 Å². The second kappa shape index (κ2) is 4.76. The first-order chi connectivity index (χ1) is 6.59. The minimum atomic E-state index is -2.71. The summed E-state index contributed by atoms with van der Waals surface area (Å²) in [4.78, 5) is 0. The largest absolute Gasteiger partial charge is 0.312 e. The Balaban J connectivity index is 0.00000112. The molecule has 5 heteroatoms. The van der Waals surface area contributed by atoms with Crippen molar-refractivity contribution in [2.45, 2.75) is 18.9 Å². The molecule has 0 amide bonds. The molecule has 0 aromatic heterocycles. The van der Waals surface area contributed by atoms with Crippen molar-refractivity contribution in [1.29, 1.82) is 0 Å². The van der Waals surface area contributed by atoms with Gasteiger partial charge in [-0.1, -0.05) is 22.0 Å². The third kappa shape index (κ3) is 2.68. The molecule has 0 saturated heterocycles. The Kier molecular flexibility index (Phi) is 4.09. The SMILES string of the molecule is Cl.FC1(F)CCNCc2ccc(Br)cc21. The summed E-state index contributed by atoms with van der Waals surface area (Å²) in [7, 11) is 0. The van der Waals surface area contributed by atoms with Gasteiger partial charge in [0.2, 0.25) is 0 Å². The van der Waals surface area contributed by atoms with Crippen molar-refractivity contribution in [2.24, 2.45) is 0 Å². The van der Waals surface area contributed by atoms with Crippen LogP contribution in [0, 0.1) is 0 Å². The molecule has 1 heterocycles. The molecular weight excluding hydrogens is 287 g/mol. The van der Waals surface area contributed by atoms with Gasteiger partial charge in [0, 0.05) is 29.5 Å². The molecule has 84 valence electrons. The van der Waals surface area contributed by atoms with Crippen LogP contribution >= 0.6 is 28.3 Å². The molecule has 1 N–H and O–H groups in total. The van der Waals surface area contributed by atoms with Crippen LogP contribution in [0.15, 0.2) is 22.7 Å². The zero-order valence-corrected chi connectivity index (χ0v) is 10.3. The fourth-order valence-corrected chi connectivity index (χ4v) is 2.01. The standard InChI is InChI=1S/C10H10BrF2N.ClH/c11-8-2-1-7-6-14-4-3-10(12,13)9(7)5-8;/h1-2,5,14H,3-4,6H2;1H. The van der Waals surface area contributed by atoms with Crippen molar-refractivity contribution < 1.29 is 8.78 Å². The third-order valence-electron chi connectivity index (χ3n) is 2.40. The molecule has 15 heavy (non-hydrogen) atoms. The molecule has 0 fully saturated rings. The number of halogens is 4. The molecule has 0 radical (unpaired) electrons. The molecule has 0 saturated carbocycles. The lowest BCUT2D eigenvalue weighted by Gasteiger charge is -2.16. The van der Waals surface area contributed by atoms with E-state index in [0.717, 1.165) is 0 Å². The molecule has 1 aliphatic rings. The summed E-state index contributed by atoms with van der Waals surface area (Å²) in [6, 6.07) is 5.05. The highest BCUT2D eigenvalue weighted by molar-refractivity contribution is 9.10. The Labute approximate surface area is 102 Å². The molecule has 0 atom stereocenters. The summed E-state index contributed by atoms with van der Waals surface area (Å²) in [5, 5.41) is 2.98.